The molecule has 0 spiro atoms. The summed E-state index contributed by atoms with van der Waals surface area (Å²) < 4.78 is 0. The summed E-state index contributed by atoms with van der Waals surface area (Å²) in [4.78, 5) is 17.9. The van der Waals surface area contributed by atoms with E-state index in [9.17, 15) is 0 Å². The molecule has 0 saturated carbocycles. The standard InChI is InChI=1S/C12H20N6/c1-4-8(3)6-18(5-2)11-9-10(15-7-14-9)16-12(13)17-11/h7-8H,4-6H2,1-3H3,(H3,13,14,15,16,17). The lowest BCUT2D eigenvalue weighted by molar-refractivity contribution is 0.546. The summed E-state index contributed by atoms with van der Waals surface area (Å²) in [5.74, 6) is 1.73. The van der Waals surface area contributed by atoms with Gasteiger partial charge in [-0.3, -0.25) is 0 Å². The van der Waals surface area contributed by atoms with Gasteiger partial charge in [0, 0.05) is 13.1 Å². The molecule has 1 unspecified atom stereocenters. The molecule has 0 aliphatic rings. The molecular weight excluding hydrogens is 228 g/mol. The van der Waals surface area contributed by atoms with Crippen molar-refractivity contribution < 1.29 is 0 Å². The fraction of sp³-hybridized carbons (Fsp3) is 0.583. The molecule has 2 heterocycles. The molecule has 0 radical (unpaired) electrons. The van der Waals surface area contributed by atoms with Crippen molar-refractivity contribution in [2.24, 2.45) is 5.92 Å². The first kappa shape index (κ1) is 12.6. The van der Waals surface area contributed by atoms with Crippen LogP contribution in [0.5, 0.6) is 0 Å². The zero-order chi connectivity index (χ0) is 13.1. The minimum Gasteiger partial charge on any atom is -0.368 e. The Kier molecular flexibility index (Phi) is 3.64. The van der Waals surface area contributed by atoms with E-state index in [2.05, 4.69) is 45.6 Å². The van der Waals surface area contributed by atoms with Crippen LogP contribution in [0, 0.1) is 5.92 Å². The van der Waals surface area contributed by atoms with Crippen LogP contribution in [0.2, 0.25) is 0 Å². The minimum absolute atomic E-state index is 0.271. The number of hydrogen-bond donors (Lipinski definition) is 2. The smallest absolute Gasteiger partial charge is 0.224 e. The second-order valence-electron chi connectivity index (χ2n) is 4.56. The van der Waals surface area contributed by atoms with Crippen LogP contribution in [0.4, 0.5) is 11.8 Å². The zero-order valence-electron chi connectivity index (χ0n) is 11.1. The van der Waals surface area contributed by atoms with E-state index < -0.39 is 0 Å². The predicted molar refractivity (Wildman–Crippen MR) is 73.4 cm³/mol. The number of rotatable bonds is 5. The van der Waals surface area contributed by atoms with Gasteiger partial charge in [-0.05, 0) is 12.8 Å². The maximum atomic E-state index is 5.74. The topological polar surface area (TPSA) is 83.7 Å². The van der Waals surface area contributed by atoms with Crippen LogP contribution in [0.15, 0.2) is 6.33 Å². The average Bonchev–Trinajstić information content (AvgIpc) is 2.82. The van der Waals surface area contributed by atoms with Crippen molar-refractivity contribution in [2.75, 3.05) is 23.7 Å². The van der Waals surface area contributed by atoms with Crippen LogP contribution in [-0.4, -0.2) is 33.0 Å². The normalized spacial score (nSPS) is 12.8. The first-order valence-corrected chi connectivity index (χ1v) is 6.37. The van der Waals surface area contributed by atoms with E-state index in [1.54, 1.807) is 6.33 Å². The van der Waals surface area contributed by atoms with E-state index in [-0.39, 0.29) is 5.95 Å². The van der Waals surface area contributed by atoms with E-state index in [4.69, 9.17) is 5.73 Å². The number of imidazole rings is 1. The van der Waals surface area contributed by atoms with Crippen molar-refractivity contribution in [1.82, 2.24) is 19.9 Å². The van der Waals surface area contributed by atoms with E-state index in [1.807, 2.05) is 0 Å². The third kappa shape index (κ3) is 2.37. The van der Waals surface area contributed by atoms with Gasteiger partial charge >= 0.3 is 0 Å². The van der Waals surface area contributed by atoms with Gasteiger partial charge in [0.1, 0.15) is 5.52 Å². The number of nitrogens with zero attached hydrogens (tertiary/aromatic N) is 4. The highest BCUT2D eigenvalue weighted by Crippen LogP contribution is 2.22. The van der Waals surface area contributed by atoms with Crippen molar-refractivity contribution in [1.29, 1.82) is 0 Å². The number of hydrogen-bond acceptors (Lipinski definition) is 5. The van der Waals surface area contributed by atoms with Gasteiger partial charge < -0.3 is 15.6 Å². The van der Waals surface area contributed by atoms with Crippen LogP contribution in [-0.2, 0) is 0 Å². The summed E-state index contributed by atoms with van der Waals surface area (Å²) in [6.45, 7) is 8.38. The molecular formula is C12H20N6. The van der Waals surface area contributed by atoms with Crippen molar-refractivity contribution in [3.63, 3.8) is 0 Å². The third-order valence-corrected chi connectivity index (χ3v) is 3.19. The van der Waals surface area contributed by atoms with Crippen LogP contribution < -0.4 is 10.6 Å². The Morgan fingerprint density at radius 2 is 2.17 bits per heavy atom. The highest BCUT2D eigenvalue weighted by molar-refractivity contribution is 5.84. The van der Waals surface area contributed by atoms with Gasteiger partial charge in [-0.25, -0.2) is 4.98 Å². The summed E-state index contributed by atoms with van der Waals surface area (Å²) in [6.07, 6.45) is 2.77. The van der Waals surface area contributed by atoms with Crippen LogP contribution in [0.25, 0.3) is 11.2 Å². The fourth-order valence-corrected chi connectivity index (χ4v) is 1.93. The lowest BCUT2D eigenvalue weighted by Crippen LogP contribution is -2.29. The van der Waals surface area contributed by atoms with Crippen molar-refractivity contribution >= 4 is 22.9 Å². The first-order valence-electron chi connectivity index (χ1n) is 6.37. The van der Waals surface area contributed by atoms with Gasteiger partial charge in [-0.15, -0.1) is 0 Å². The molecule has 2 rings (SSSR count). The lowest BCUT2D eigenvalue weighted by atomic mass is 10.1. The molecule has 18 heavy (non-hydrogen) atoms. The molecule has 2 aromatic heterocycles. The predicted octanol–water partition coefficient (Wildman–Crippen LogP) is 1.81. The highest BCUT2D eigenvalue weighted by Gasteiger charge is 2.16. The largest absolute Gasteiger partial charge is 0.368 e. The van der Waals surface area contributed by atoms with Gasteiger partial charge in [-0.1, -0.05) is 20.3 Å². The van der Waals surface area contributed by atoms with Crippen molar-refractivity contribution in [3.8, 4) is 0 Å². The molecule has 0 amide bonds. The maximum Gasteiger partial charge on any atom is 0.224 e. The molecule has 2 aromatic rings. The number of anilines is 2. The van der Waals surface area contributed by atoms with Gasteiger partial charge in [0.25, 0.3) is 0 Å². The molecule has 0 aliphatic heterocycles. The summed E-state index contributed by atoms with van der Waals surface area (Å²) in [5.41, 5.74) is 7.22. The summed E-state index contributed by atoms with van der Waals surface area (Å²) in [5, 5.41) is 0. The number of aromatic nitrogens is 4. The summed E-state index contributed by atoms with van der Waals surface area (Å²) >= 11 is 0. The van der Waals surface area contributed by atoms with Gasteiger partial charge in [-0.2, -0.15) is 9.97 Å². The monoisotopic (exact) mass is 248 g/mol. The Hall–Kier alpha value is -1.85. The Labute approximate surface area is 107 Å². The minimum atomic E-state index is 0.271. The Morgan fingerprint density at radius 1 is 1.39 bits per heavy atom. The second-order valence-corrected chi connectivity index (χ2v) is 4.56. The molecule has 0 saturated heterocycles. The van der Waals surface area contributed by atoms with Crippen molar-refractivity contribution in [3.05, 3.63) is 6.33 Å². The maximum absolute atomic E-state index is 5.74. The molecule has 3 N–H and O–H groups in total. The molecule has 6 heteroatoms. The molecule has 98 valence electrons. The van der Waals surface area contributed by atoms with Gasteiger partial charge in [0.2, 0.25) is 5.95 Å². The fourth-order valence-electron chi connectivity index (χ4n) is 1.93. The number of H-pyrrole nitrogens is 1. The van der Waals surface area contributed by atoms with E-state index >= 15 is 0 Å². The first-order chi connectivity index (χ1) is 8.65. The summed E-state index contributed by atoms with van der Waals surface area (Å²) in [6, 6.07) is 0. The molecule has 0 fully saturated rings. The Balaban J connectivity index is 2.40. The number of aromatic amines is 1. The van der Waals surface area contributed by atoms with Crippen molar-refractivity contribution in [2.45, 2.75) is 27.2 Å². The molecule has 0 aliphatic carbocycles. The SMILES string of the molecule is CCC(C)CN(CC)c1nc(N)nc2nc[nH]c12. The number of nitrogens with one attached hydrogen (secondary N) is 1. The van der Waals surface area contributed by atoms with Gasteiger partial charge in [0.15, 0.2) is 11.5 Å². The summed E-state index contributed by atoms with van der Waals surface area (Å²) in [7, 11) is 0. The van der Waals surface area contributed by atoms with Crippen LogP contribution >= 0.6 is 0 Å². The second kappa shape index (κ2) is 5.20. The number of nitrogen functional groups attached to an aromatic ring is 1. The number of fused-ring (bicyclic) bond motifs is 1. The van der Waals surface area contributed by atoms with E-state index in [1.165, 1.54) is 0 Å². The molecule has 1 atom stereocenters. The quantitative estimate of drug-likeness (QED) is 0.843. The Morgan fingerprint density at radius 3 is 2.83 bits per heavy atom. The highest BCUT2D eigenvalue weighted by atomic mass is 15.2. The van der Waals surface area contributed by atoms with E-state index in [0.717, 1.165) is 30.8 Å². The molecule has 0 bridgehead atoms. The Bertz CT molecular complexity index is 520. The molecule has 6 nitrogen and oxygen atoms in total. The van der Waals surface area contributed by atoms with Gasteiger partial charge in [0.05, 0.1) is 6.33 Å². The lowest BCUT2D eigenvalue weighted by Gasteiger charge is -2.25. The van der Waals surface area contributed by atoms with Crippen LogP contribution in [0.1, 0.15) is 27.2 Å². The van der Waals surface area contributed by atoms with Crippen LogP contribution in [0.3, 0.4) is 0 Å². The van der Waals surface area contributed by atoms with E-state index in [0.29, 0.717) is 11.6 Å². The average molecular weight is 248 g/mol. The zero-order valence-corrected chi connectivity index (χ0v) is 11.1. The third-order valence-electron chi connectivity index (χ3n) is 3.19. The molecule has 0 aromatic carbocycles. The number of nitrogens with two attached hydrogens (primary N) is 1.